The molecule has 2 aromatic carbocycles. The summed E-state index contributed by atoms with van der Waals surface area (Å²) in [4.78, 5) is 29.6. The van der Waals surface area contributed by atoms with Gasteiger partial charge in [0.15, 0.2) is 0 Å². The van der Waals surface area contributed by atoms with Crippen LogP contribution >= 0.6 is 11.3 Å². The predicted molar refractivity (Wildman–Crippen MR) is 104 cm³/mol. The van der Waals surface area contributed by atoms with Gasteiger partial charge < -0.3 is 15.4 Å². The molecule has 1 aliphatic heterocycles. The molecule has 136 valence electrons. The highest BCUT2D eigenvalue weighted by Crippen LogP contribution is 2.33. The minimum atomic E-state index is -1.63. The van der Waals surface area contributed by atoms with E-state index < -0.39 is 17.4 Å². The topological polar surface area (TPSA) is 80.3 Å². The highest BCUT2D eigenvalue weighted by Gasteiger charge is 2.47. The molecule has 4 rings (SSSR count). The lowest BCUT2D eigenvalue weighted by molar-refractivity contribution is -0.146. The number of anilines is 1. The van der Waals surface area contributed by atoms with Crippen LogP contribution < -0.4 is 15.4 Å². The molecule has 1 aliphatic rings. The Balaban J connectivity index is 1.45. The molecule has 2 N–H and O–H groups in total. The highest BCUT2D eigenvalue weighted by molar-refractivity contribution is 7.13. The van der Waals surface area contributed by atoms with Crippen LogP contribution in [0.2, 0.25) is 0 Å². The summed E-state index contributed by atoms with van der Waals surface area (Å²) < 4.78 is 5.71. The second-order valence-corrected chi connectivity index (χ2v) is 7.14. The van der Waals surface area contributed by atoms with Crippen molar-refractivity contribution in [1.82, 2.24) is 10.3 Å². The monoisotopic (exact) mass is 379 g/mol. The van der Waals surface area contributed by atoms with Crippen LogP contribution in [0.1, 0.15) is 12.6 Å². The van der Waals surface area contributed by atoms with E-state index in [4.69, 9.17) is 4.74 Å². The number of rotatable bonds is 4. The van der Waals surface area contributed by atoms with Gasteiger partial charge in [0.05, 0.1) is 17.9 Å². The fourth-order valence-corrected chi connectivity index (χ4v) is 3.58. The van der Waals surface area contributed by atoms with Crippen LogP contribution in [0.15, 0.2) is 60.0 Å². The molecular weight excluding hydrogens is 362 g/mol. The minimum Gasteiger partial charge on any atom is -0.466 e. The summed E-state index contributed by atoms with van der Waals surface area (Å²) in [5.74, 6) is -0.541. The summed E-state index contributed by atoms with van der Waals surface area (Å²) in [6.45, 7) is 1.68. The van der Waals surface area contributed by atoms with Crippen molar-refractivity contribution in [3.63, 3.8) is 0 Å². The van der Waals surface area contributed by atoms with Crippen LogP contribution in [0.25, 0.3) is 10.6 Å². The molecule has 0 aliphatic carbocycles. The van der Waals surface area contributed by atoms with Crippen molar-refractivity contribution in [3.05, 3.63) is 65.7 Å². The maximum absolute atomic E-state index is 12.7. The first-order chi connectivity index (χ1) is 13.1. The first kappa shape index (κ1) is 17.2. The molecule has 1 unspecified atom stereocenters. The van der Waals surface area contributed by atoms with Gasteiger partial charge in [0.2, 0.25) is 0 Å². The Morgan fingerprint density at radius 1 is 1.19 bits per heavy atom. The van der Waals surface area contributed by atoms with Crippen molar-refractivity contribution >= 4 is 28.8 Å². The predicted octanol–water partition coefficient (Wildman–Crippen LogP) is 3.22. The van der Waals surface area contributed by atoms with Gasteiger partial charge in [-0.25, -0.2) is 4.98 Å². The van der Waals surface area contributed by atoms with Crippen molar-refractivity contribution in [2.45, 2.75) is 19.1 Å². The SMILES string of the molecule is CC1(C(=O)NCc2csc(-c3ccccc3)n2)Oc2ccccc2NC1=O. The quantitative estimate of drug-likeness (QED) is 0.682. The Labute approximate surface area is 160 Å². The number of para-hydroxylation sites is 2. The highest BCUT2D eigenvalue weighted by atomic mass is 32.1. The fraction of sp³-hybridized carbons (Fsp3) is 0.150. The maximum atomic E-state index is 12.7. The van der Waals surface area contributed by atoms with Crippen molar-refractivity contribution in [3.8, 4) is 16.3 Å². The smallest absolute Gasteiger partial charge is 0.278 e. The minimum absolute atomic E-state index is 0.218. The van der Waals surface area contributed by atoms with Gasteiger partial charge in [0, 0.05) is 10.9 Å². The number of ether oxygens (including phenoxy) is 1. The summed E-state index contributed by atoms with van der Waals surface area (Å²) in [6, 6.07) is 16.8. The molecule has 6 nitrogen and oxygen atoms in total. The van der Waals surface area contributed by atoms with E-state index in [9.17, 15) is 9.59 Å². The summed E-state index contributed by atoms with van der Waals surface area (Å²) >= 11 is 1.51. The number of hydrogen-bond donors (Lipinski definition) is 2. The van der Waals surface area contributed by atoms with Gasteiger partial charge in [-0.3, -0.25) is 9.59 Å². The lowest BCUT2D eigenvalue weighted by Gasteiger charge is -2.33. The summed E-state index contributed by atoms with van der Waals surface area (Å²) in [6.07, 6.45) is 0. The third-order valence-corrected chi connectivity index (χ3v) is 5.26. The number of nitrogens with one attached hydrogen (secondary N) is 2. The van der Waals surface area contributed by atoms with Gasteiger partial charge in [0.1, 0.15) is 10.8 Å². The maximum Gasteiger partial charge on any atom is 0.278 e. The van der Waals surface area contributed by atoms with Gasteiger partial charge in [-0.2, -0.15) is 0 Å². The van der Waals surface area contributed by atoms with E-state index in [-0.39, 0.29) is 6.54 Å². The molecule has 1 aromatic heterocycles. The summed E-state index contributed by atoms with van der Waals surface area (Å²) in [7, 11) is 0. The average Bonchev–Trinajstić information content (AvgIpc) is 3.17. The van der Waals surface area contributed by atoms with Crippen molar-refractivity contribution in [1.29, 1.82) is 0 Å². The second-order valence-electron chi connectivity index (χ2n) is 6.28. The number of hydrogen-bond acceptors (Lipinski definition) is 5. The zero-order chi connectivity index (χ0) is 18.9. The number of nitrogens with zero attached hydrogens (tertiary/aromatic N) is 1. The van der Waals surface area contributed by atoms with Gasteiger partial charge in [-0.15, -0.1) is 11.3 Å². The summed E-state index contributed by atoms with van der Waals surface area (Å²) in [5.41, 5.74) is 0.679. The van der Waals surface area contributed by atoms with Gasteiger partial charge in [-0.05, 0) is 19.1 Å². The zero-order valence-electron chi connectivity index (χ0n) is 14.6. The number of carbonyl (C=O) groups excluding carboxylic acids is 2. The van der Waals surface area contributed by atoms with Crippen molar-refractivity contribution in [2.24, 2.45) is 0 Å². The molecule has 0 saturated carbocycles. The number of fused-ring (bicyclic) bond motifs is 1. The van der Waals surface area contributed by atoms with Crippen LogP contribution in [0.5, 0.6) is 5.75 Å². The van der Waals surface area contributed by atoms with Crippen molar-refractivity contribution < 1.29 is 14.3 Å². The van der Waals surface area contributed by atoms with Gasteiger partial charge >= 0.3 is 0 Å². The molecule has 1 atom stereocenters. The molecule has 0 fully saturated rings. The van der Waals surface area contributed by atoms with E-state index >= 15 is 0 Å². The lowest BCUT2D eigenvalue weighted by Crippen LogP contribution is -2.58. The normalized spacial score (nSPS) is 18.2. The van der Waals surface area contributed by atoms with Crippen LogP contribution in [0.4, 0.5) is 5.69 Å². The Bertz CT molecular complexity index is 1000. The summed E-state index contributed by atoms with van der Waals surface area (Å²) in [5, 5.41) is 8.24. The molecular formula is C20H17N3O3S. The van der Waals surface area contributed by atoms with Crippen LogP contribution in [-0.4, -0.2) is 22.4 Å². The van der Waals surface area contributed by atoms with E-state index in [1.165, 1.54) is 18.3 Å². The largest absolute Gasteiger partial charge is 0.466 e. The van der Waals surface area contributed by atoms with E-state index in [0.29, 0.717) is 11.4 Å². The van der Waals surface area contributed by atoms with Gasteiger partial charge in [-0.1, -0.05) is 42.5 Å². The van der Waals surface area contributed by atoms with Crippen LogP contribution in [0, 0.1) is 0 Å². The van der Waals surface area contributed by atoms with Crippen LogP contribution in [-0.2, 0) is 16.1 Å². The average molecular weight is 379 g/mol. The number of amides is 2. The lowest BCUT2D eigenvalue weighted by atomic mass is 10.0. The Morgan fingerprint density at radius 3 is 2.74 bits per heavy atom. The molecule has 0 spiro atoms. The number of thiazole rings is 1. The molecule has 27 heavy (non-hydrogen) atoms. The fourth-order valence-electron chi connectivity index (χ4n) is 2.76. The molecule has 0 radical (unpaired) electrons. The zero-order valence-corrected chi connectivity index (χ0v) is 15.4. The Morgan fingerprint density at radius 2 is 1.93 bits per heavy atom. The van der Waals surface area contributed by atoms with Gasteiger partial charge in [0.25, 0.3) is 17.4 Å². The molecule has 0 saturated heterocycles. The molecule has 7 heteroatoms. The Hall–Kier alpha value is -3.19. The van der Waals surface area contributed by atoms with E-state index in [1.807, 2.05) is 35.7 Å². The number of carbonyl (C=O) groups is 2. The third kappa shape index (κ3) is 3.29. The van der Waals surface area contributed by atoms with Crippen molar-refractivity contribution in [2.75, 3.05) is 5.32 Å². The molecule has 2 heterocycles. The molecule has 3 aromatic rings. The molecule has 2 amide bonds. The number of aromatic nitrogens is 1. The first-order valence-electron chi connectivity index (χ1n) is 8.44. The Kier molecular flexibility index (Phi) is 4.37. The second kappa shape index (κ2) is 6.85. The van der Waals surface area contributed by atoms with E-state index in [0.717, 1.165) is 16.3 Å². The molecule has 0 bridgehead atoms. The standard InChI is InChI=1S/C20H17N3O3S/c1-20(19(25)23-15-9-5-6-10-16(15)26-20)18(24)21-11-14-12-27-17(22-14)13-7-3-2-4-8-13/h2-10,12H,11H2,1H3,(H,21,24)(H,23,25). The van der Waals surface area contributed by atoms with E-state index in [1.54, 1.807) is 24.3 Å². The number of benzene rings is 2. The van der Waals surface area contributed by atoms with Crippen LogP contribution in [0.3, 0.4) is 0 Å². The van der Waals surface area contributed by atoms with E-state index in [2.05, 4.69) is 15.6 Å². The third-order valence-electron chi connectivity index (χ3n) is 4.32. The first-order valence-corrected chi connectivity index (χ1v) is 9.32.